The number of carbonyl (C=O) groups excluding carboxylic acids is 1. The van der Waals surface area contributed by atoms with Crippen LogP contribution in [0.25, 0.3) is 10.8 Å². The molecule has 1 aliphatic heterocycles. The molecule has 5 rings (SSSR count). The summed E-state index contributed by atoms with van der Waals surface area (Å²) in [6.07, 6.45) is 1.85. The second kappa shape index (κ2) is 10.4. The predicted octanol–water partition coefficient (Wildman–Crippen LogP) is 4.08. The molecular formula is C29H32N4O2. The average molecular weight is 469 g/mol. The van der Waals surface area contributed by atoms with Crippen molar-refractivity contribution in [1.82, 2.24) is 20.0 Å². The highest BCUT2D eigenvalue weighted by atomic mass is 16.3. The average Bonchev–Trinajstić information content (AvgIpc) is 3.25. The molecule has 1 aromatic heterocycles. The normalized spacial score (nSPS) is 13.7. The van der Waals surface area contributed by atoms with Gasteiger partial charge in [-0.2, -0.15) is 5.10 Å². The van der Waals surface area contributed by atoms with E-state index in [-0.39, 0.29) is 12.5 Å². The Bertz CT molecular complexity index is 1320. The zero-order valence-electron chi connectivity index (χ0n) is 20.2. The summed E-state index contributed by atoms with van der Waals surface area (Å²) >= 11 is 0. The Labute approximate surface area is 206 Å². The minimum absolute atomic E-state index is 0.00131. The minimum atomic E-state index is -0.167. The Morgan fingerprint density at radius 2 is 1.80 bits per heavy atom. The van der Waals surface area contributed by atoms with Crippen LogP contribution in [0.15, 0.2) is 66.7 Å². The van der Waals surface area contributed by atoms with E-state index in [0.29, 0.717) is 25.3 Å². The molecule has 6 heteroatoms. The highest BCUT2D eigenvalue weighted by Gasteiger charge is 2.28. The first-order valence-electron chi connectivity index (χ1n) is 12.4. The van der Waals surface area contributed by atoms with Gasteiger partial charge in [0.15, 0.2) is 5.69 Å². The lowest BCUT2D eigenvalue weighted by molar-refractivity contribution is 0.0942. The van der Waals surface area contributed by atoms with Crippen LogP contribution in [0.1, 0.15) is 45.4 Å². The van der Waals surface area contributed by atoms with Crippen molar-refractivity contribution in [3.63, 3.8) is 0 Å². The minimum Gasteiger partial charge on any atom is -0.394 e. The van der Waals surface area contributed by atoms with E-state index in [1.54, 1.807) is 0 Å². The standard InChI is InChI=1S/C29H32N4O2/c1-2-21-10-12-22(13-11-21)19-32-15-14-27-26(20-32)28(31-33(27)16-17-34)29(35)30-18-24-8-5-7-23-6-3-4-9-25(23)24/h3-13,34H,2,14-20H2,1H3,(H,30,35). The smallest absolute Gasteiger partial charge is 0.272 e. The second-order valence-corrected chi connectivity index (χ2v) is 9.17. The van der Waals surface area contributed by atoms with E-state index in [9.17, 15) is 9.90 Å². The Morgan fingerprint density at radius 3 is 2.60 bits per heavy atom. The number of nitrogens with one attached hydrogen (secondary N) is 1. The molecule has 1 aliphatic rings. The van der Waals surface area contributed by atoms with Crippen LogP contribution in [-0.2, 0) is 39.0 Å². The van der Waals surface area contributed by atoms with Crippen molar-refractivity contribution in [2.75, 3.05) is 13.2 Å². The van der Waals surface area contributed by atoms with Crippen LogP contribution in [-0.4, -0.2) is 38.8 Å². The van der Waals surface area contributed by atoms with Gasteiger partial charge in [-0.05, 0) is 33.9 Å². The predicted molar refractivity (Wildman–Crippen MR) is 138 cm³/mol. The quantitative estimate of drug-likeness (QED) is 0.409. The fourth-order valence-corrected chi connectivity index (χ4v) is 4.99. The maximum Gasteiger partial charge on any atom is 0.272 e. The van der Waals surface area contributed by atoms with Crippen LogP contribution >= 0.6 is 0 Å². The molecule has 3 aromatic carbocycles. The van der Waals surface area contributed by atoms with Crippen molar-refractivity contribution < 1.29 is 9.90 Å². The SMILES string of the molecule is CCc1ccc(CN2CCc3c(c(C(=O)NCc4cccc5ccccc45)nn3CCO)C2)cc1. The van der Waals surface area contributed by atoms with Crippen molar-refractivity contribution in [3.05, 3.63) is 100 Å². The van der Waals surface area contributed by atoms with Crippen molar-refractivity contribution in [2.24, 2.45) is 0 Å². The molecule has 0 aliphatic carbocycles. The number of aryl methyl sites for hydroxylation is 1. The number of aliphatic hydroxyl groups is 1. The summed E-state index contributed by atoms with van der Waals surface area (Å²) in [6, 6.07) is 23.1. The van der Waals surface area contributed by atoms with Crippen molar-refractivity contribution in [1.29, 1.82) is 0 Å². The van der Waals surface area contributed by atoms with Crippen LogP contribution in [0.3, 0.4) is 0 Å². The van der Waals surface area contributed by atoms with Gasteiger partial charge in [0.05, 0.1) is 13.2 Å². The van der Waals surface area contributed by atoms with Gasteiger partial charge in [-0.25, -0.2) is 0 Å². The topological polar surface area (TPSA) is 70.4 Å². The molecule has 0 bridgehead atoms. The van der Waals surface area contributed by atoms with Gasteiger partial charge in [-0.3, -0.25) is 14.4 Å². The van der Waals surface area contributed by atoms with Gasteiger partial charge in [0, 0.05) is 43.9 Å². The summed E-state index contributed by atoms with van der Waals surface area (Å²) in [5, 5.41) is 19.6. The van der Waals surface area contributed by atoms with Gasteiger partial charge in [0.25, 0.3) is 5.91 Å². The van der Waals surface area contributed by atoms with Gasteiger partial charge in [-0.15, -0.1) is 0 Å². The summed E-state index contributed by atoms with van der Waals surface area (Å²) in [4.78, 5) is 15.7. The fraction of sp³-hybridized carbons (Fsp3) is 0.310. The van der Waals surface area contributed by atoms with Crippen molar-refractivity contribution in [2.45, 2.75) is 45.9 Å². The lowest BCUT2D eigenvalue weighted by Crippen LogP contribution is -2.32. The van der Waals surface area contributed by atoms with Crippen molar-refractivity contribution >= 4 is 16.7 Å². The number of benzene rings is 3. The summed E-state index contributed by atoms with van der Waals surface area (Å²) in [6.45, 7) is 5.42. The Hall–Kier alpha value is -3.48. The first-order chi connectivity index (χ1) is 17.2. The van der Waals surface area contributed by atoms with Gasteiger partial charge in [-0.1, -0.05) is 73.7 Å². The zero-order chi connectivity index (χ0) is 24.2. The number of nitrogens with zero attached hydrogens (tertiary/aromatic N) is 3. The van der Waals surface area contributed by atoms with E-state index in [0.717, 1.165) is 53.5 Å². The summed E-state index contributed by atoms with van der Waals surface area (Å²) < 4.78 is 1.82. The number of hydrogen-bond donors (Lipinski definition) is 2. The van der Waals surface area contributed by atoms with Crippen LogP contribution in [0.5, 0.6) is 0 Å². The van der Waals surface area contributed by atoms with Gasteiger partial charge < -0.3 is 10.4 Å². The monoisotopic (exact) mass is 468 g/mol. The molecule has 0 fully saturated rings. The Morgan fingerprint density at radius 1 is 1.03 bits per heavy atom. The fourth-order valence-electron chi connectivity index (χ4n) is 4.99. The second-order valence-electron chi connectivity index (χ2n) is 9.17. The van der Waals surface area contributed by atoms with Gasteiger partial charge in [0.1, 0.15) is 0 Å². The lowest BCUT2D eigenvalue weighted by atomic mass is 10.0. The van der Waals surface area contributed by atoms with Crippen LogP contribution in [0, 0.1) is 0 Å². The number of aliphatic hydroxyl groups excluding tert-OH is 1. The first kappa shape index (κ1) is 23.3. The number of rotatable bonds is 8. The van der Waals surface area contributed by atoms with Gasteiger partial charge >= 0.3 is 0 Å². The maximum absolute atomic E-state index is 13.3. The van der Waals surface area contributed by atoms with Crippen LogP contribution in [0.2, 0.25) is 0 Å². The molecule has 0 atom stereocenters. The van der Waals surface area contributed by atoms with E-state index in [1.165, 1.54) is 11.1 Å². The molecule has 0 saturated heterocycles. The third kappa shape index (κ3) is 4.99. The highest BCUT2D eigenvalue weighted by Crippen LogP contribution is 2.25. The molecular weight excluding hydrogens is 436 g/mol. The summed E-state index contributed by atoms with van der Waals surface area (Å²) in [5.41, 5.74) is 6.20. The number of fused-ring (bicyclic) bond motifs is 2. The van der Waals surface area contributed by atoms with E-state index in [2.05, 4.69) is 64.7 Å². The molecule has 180 valence electrons. The van der Waals surface area contributed by atoms with E-state index in [4.69, 9.17) is 0 Å². The largest absolute Gasteiger partial charge is 0.394 e. The third-order valence-electron chi connectivity index (χ3n) is 6.90. The molecule has 35 heavy (non-hydrogen) atoms. The van der Waals surface area contributed by atoms with Crippen LogP contribution in [0.4, 0.5) is 0 Å². The maximum atomic E-state index is 13.3. The summed E-state index contributed by atoms with van der Waals surface area (Å²) in [5.74, 6) is -0.167. The molecule has 6 nitrogen and oxygen atoms in total. The molecule has 4 aromatic rings. The summed E-state index contributed by atoms with van der Waals surface area (Å²) in [7, 11) is 0. The first-order valence-corrected chi connectivity index (χ1v) is 12.4. The zero-order valence-corrected chi connectivity index (χ0v) is 20.2. The molecule has 0 saturated carbocycles. The molecule has 0 unspecified atom stereocenters. The Kier molecular flexibility index (Phi) is 6.93. The number of hydrogen-bond acceptors (Lipinski definition) is 4. The lowest BCUT2D eigenvalue weighted by Gasteiger charge is -2.27. The Balaban J connectivity index is 1.34. The number of carbonyl (C=O) groups is 1. The number of amides is 1. The molecule has 0 spiro atoms. The van der Waals surface area contributed by atoms with Crippen LogP contribution < -0.4 is 5.32 Å². The van der Waals surface area contributed by atoms with E-state index >= 15 is 0 Å². The highest BCUT2D eigenvalue weighted by molar-refractivity contribution is 5.94. The molecule has 1 amide bonds. The molecule has 0 radical (unpaired) electrons. The molecule has 2 N–H and O–H groups in total. The molecule has 2 heterocycles. The third-order valence-corrected chi connectivity index (χ3v) is 6.90. The van der Waals surface area contributed by atoms with Gasteiger partial charge in [0.2, 0.25) is 0 Å². The number of aromatic nitrogens is 2. The van der Waals surface area contributed by atoms with E-state index in [1.807, 2.05) is 28.9 Å². The van der Waals surface area contributed by atoms with E-state index < -0.39 is 0 Å². The van der Waals surface area contributed by atoms with Crippen molar-refractivity contribution in [3.8, 4) is 0 Å².